The van der Waals surface area contributed by atoms with E-state index in [2.05, 4.69) is 17.3 Å². The fraction of sp³-hybridized carbons (Fsp3) is 0.400. The molecule has 4 heteroatoms. The van der Waals surface area contributed by atoms with Crippen LogP contribution in [0.1, 0.15) is 29.7 Å². The van der Waals surface area contributed by atoms with E-state index in [1.807, 2.05) is 43.2 Å². The number of aromatic hydroxyl groups is 1. The molecule has 0 aliphatic rings. The smallest absolute Gasteiger partial charge is 0.120 e. The second kappa shape index (κ2) is 5.89. The van der Waals surface area contributed by atoms with E-state index in [1.54, 1.807) is 6.07 Å². The number of benzene rings is 1. The van der Waals surface area contributed by atoms with Crippen LogP contribution < -0.4 is 5.32 Å². The third-order valence-electron chi connectivity index (χ3n) is 3.27. The number of phenols is 1. The molecule has 1 unspecified atom stereocenters. The third-order valence-corrected chi connectivity index (χ3v) is 3.27. The first kappa shape index (κ1) is 13.6. The van der Waals surface area contributed by atoms with Crippen LogP contribution in [0.4, 0.5) is 0 Å². The summed E-state index contributed by atoms with van der Waals surface area (Å²) < 4.78 is 1.81. The number of nitrogens with zero attached hydrogens (tertiary/aromatic N) is 2. The van der Waals surface area contributed by atoms with Crippen LogP contribution in [0.15, 0.2) is 30.6 Å². The molecule has 0 aliphatic carbocycles. The first-order valence-corrected chi connectivity index (χ1v) is 6.56. The minimum atomic E-state index is 0.136. The van der Waals surface area contributed by atoms with Crippen molar-refractivity contribution in [1.29, 1.82) is 0 Å². The van der Waals surface area contributed by atoms with Gasteiger partial charge in [0.05, 0.1) is 6.20 Å². The molecule has 19 heavy (non-hydrogen) atoms. The highest BCUT2D eigenvalue weighted by atomic mass is 16.3. The Labute approximate surface area is 114 Å². The molecular weight excluding hydrogens is 238 g/mol. The molecule has 0 fully saturated rings. The molecular formula is C15H21N3O. The Bertz CT molecular complexity index is 548. The molecule has 0 aliphatic heterocycles. The number of rotatable bonds is 5. The molecule has 0 saturated heterocycles. The third kappa shape index (κ3) is 3.58. The van der Waals surface area contributed by atoms with Crippen molar-refractivity contribution in [2.24, 2.45) is 7.05 Å². The van der Waals surface area contributed by atoms with Crippen molar-refractivity contribution < 1.29 is 5.11 Å². The van der Waals surface area contributed by atoms with Crippen molar-refractivity contribution in [3.63, 3.8) is 0 Å². The fourth-order valence-corrected chi connectivity index (χ4v) is 2.16. The van der Waals surface area contributed by atoms with E-state index in [9.17, 15) is 5.11 Å². The van der Waals surface area contributed by atoms with Crippen LogP contribution >= 0.6 is 0 Å². The summed E-state index contributed by atoms with van der Waals surface area (Å²) in [5.41, 5.74) is 3.33. The maximum Gasteiger partial charge on any atom is 0.120 e. The van der Waals surface area contributed by atoms with Crippen LogP contribution in [0.5, 0.6) is 5.75 Å². The van der Waals surface area contributed by atoms with Gasteiger partial charge in [-0.3, -0.25) is 4.68 Å². The molecule has 1 aromatic carbocycles. The van der Waals surface area contributed by atoms with Gasteiger partial charge in [0.25, 0.3) is 0 Å². The minimum Gasteiger partial charge on any atom is -0.508 e. The highest BCUT2D eigenvalue weighted by Crippen LogP contribution is 2.24. The summed E-state index contributed by atoms with van der Waals surface area (Å²) in [7, 11) is 1.92. The second-order valence-electron chi connectivity index (χ2n) is 5.01. The maximum atomic E-state index is 9.87. The Hall–Kier alpha value is -1.81. The van der Waals surface area contributed by atoms with E-state index in [0.717, 1.165) is 24.1 Å². The first-order valence-electron chi connectivity index (χ1n) is 6.56. The fourth-order valence-electron chi connectivity index (χ4n) is 2.16. The van der Waals surface area contributed by atoms with Gasteiger partial charge in [-0.15, -0.1) is 0 Å². The lowest BCUT2D eigenvalue weighted by atomic mass is 10.0. The Morgan fingerprint density at radius 1 is 1.42 bits per heavy atom. The maximum absolute atomic E-state index is 9.87. The minimum absolute atomic E-state index is 0.136. The largest absolute Gasteiger partial charge is 0.508 e. The molecule has 1 atom stereocenters. The number of phenolic OH excluding ortho intramolecular Hbond substituents is 1. The van der Waals surface area contributed by atoms with Crippen molar-refractivity contribution in [2.75, 3.05) is 6.54 Å². The Morgan fingerprint density at radius 2 is 2.21 bits per heavy atom. The van der Waals surface area contributed by atoms with Crippen LogP contribution in [0, 0.1) is 6.92 Å². The van der Waals surface area contributed by atoms with Crippen molar-refractivity contribution in [1.82, 2.24) is 15.1 Å². The lowest BCUT2D eigenvalue weighted by Gasteiger charge is -2.16. The van der Waals surface area contributed by atoms with Crippen LogP contribution in [0.25, 0.3) is 0 Å². The number of hydrogen-bond acceptors (Lipinski definition) is 3. The molecule has 0 saturated carbocycles. The topological polar surface area (TPSA) is 50.1 Å². The van der Waals surface area contributed by atoms with Gasteiger partial charge in [0, 0.05) is 24.8 Å². The quantitative estimate of drug-likeness (QED) is 0.866. The predicted molar refractivity (Wildman–Crippen MR) is 76.2 cm³/mol. The SMILES string of the molecule is Cc1ccc(O)c(C(C)NCCc2cnn(C)c2)c1. The van der Waals surface area contributed by atoms with E-state index in [1.165, 1.54) is 5.56 Å². The number of nitrogens with one attached hydrogen (secondary N) is 1. The van der Waals surface area contributed by atoms with E-state index < -0.39 is 0 Å². The van der Waals surface area contributed by atoms with Gasteiger partial charge in [-0.05, 0) is 38.4 Å². The highest BCUT2D eigenvalue weighted by Gasteiger charge is 2.09. The van der Waals surface area contributed by atoms with E-state index in [-0.39, 0.29) is 6.04 Å². The van der Waals surface area contributed by atoms with Crippen molar-refractivity contribution in [2.45, 2.75) is 26.3 Å². The Balaban J connectivity index is 1.90. The summed E-state index contributed by atoms with van der Waals surface area (Å²) in [5.74, 6) is 0.354. The standard InChI is InChI=1S/C15H21N3O/c1-11-4-5-15(19)14(8-11)12(2)16-7-6-13-9-17-18(3)10-13/h4-5,8-10,12,16,19H,6-7H2,1-3H3. The Morgan fingerprint density at radius 3 is 2.89 bits per heavy atom. The molecule has 0 bridgehead atoms. The Kier molecular flexibility index (Phi) is 4.22. The zero-order valence-electron chi connectivity index (χ0n) is 11.7. The average molecular weight is 259 g/mol. The normalized spacial score (nSPS) is 12.6. The van der Waals surface area contributed by atoms with Crippen molar-refractivity contribution in [3.05, 3.63) is 47.3 Å². The van der Waals surface area contributed by atoms with E-state index in [0.29, 0.717) is 5.75 Å². The van der Waals surface area contributed by atoms with Crippen LogP contribution in [0.2, 0.25) is 0 Å². The van der Waals surface area contributed by atoms with E-state index >= 15 is 0 Å². The first-order chi connectivity index (χ1) is 9.06. The lowest BCUT2D eigenvalue weighted by molar-refractivity contribution is 0.453. The van der Waals surface area contributed by atoms with Gasteiger partial charge in [-0.2, -0.15) is 5.10 Å². The van der Waals surface area contributed by atoms with Crippen LogP contribution in [0.3, 0.4) is 0 Å². The lowest BCUT2D eigenvalue weighted by Crippen LogP contribution is -2.21. The second-order valence-corrected chi connectivity index (χ2v) is 5.01. The summed E-state index contributed by atoms with van der Waals surface area (Å²) in [6.07, 6.45) is 4.84. The van der Waals surface area contributed by atoms with Gasteiger partial charge in [0.1, 0.15) is 5.75 Å². The number of aryl methyl sites for hydroxylation is 2. The average Bonchev–Trinajstić information content (AvgIpc) is 2.78. The molecule has 2 rings (SSSR count). The molecule has 0 spiro atoms. The zero-order valence-corrected chi connectivity index (χ0v) is 11.7. The van der Waals surface area contributed by atoms with Crippen molar-refractivity contribution >= 4 is 0 Å². The molecule has 2 aromatic rings. The summed E-state index contributed by atoms with van der Waals surface area (Å²) in [6.45, 7) is 4.96. The summed E-state index contributed by atoms with van der Waals surface area (Å²) in [5, 5.41) is 17.4. The van der Waals surface area contributed by atoms with Gasteiger partial charge in [0.15, 0.2) is 0 Å². The zero-order chi connectivity index (χ0) is 13.8. The molecule has 4 nitrogen and oxygen atoms in total. The molecule has 0 amide bonds. The molecule has 1 heterocycles. The summed E-state index contributed by atoms with van der Waals surface area (Å²) >= 11 is 0. The summed E-state index contributed by atoms with van der Waals surface area (Å²) in [4.78, 5) is 0. The van der Waals surface area contributed by atoms with Gasteiger partial charge >= 0.3 is 0 Å². The monoisotopic (exact) mass is 259 g/mol. The molecule has 1 aromatic heterocycles. The van der Waals surface area contributed by atoms with Crippen LogP contribution in [-0.2, 0) is 13.5 Å². The van der Waals surface area contributed by atoms with E-state index in [4.69, 9.17) is 0 Å². The molecule has 0 radical (unpaired) electrons. The van der Waals surface area contributed by atoms with Gasteiger partial charge < -0.3 is 10.4 Å². The molecule has 2 N–H and O–H groups in total. The summed E-state index contributed by atoms with van der Waals surface area (Å²) in [6, 6.07) is 5.83. The van der Waals surface area contributed by atoms with Crippen molar-refractivity contribution in [3.8, 4) is 5.75 Å². The number of hydrogen-bond donors (Lipinski definition) is 2. The van der Waals surface area contributed by atoms with Gasteiger partial charge in [-0.1, -0.05) is 17.7 Å². The number of aromatic nitrogens is 2. The predicted octanol–water partition coefficient (Wildman–Crippen LogP) is 2.33. The van der Waals surface area contributed by atoms with Crippen LogP contribution in [-0.4, -0.2) is 21.4 Å². The van der Waals surface area contributed by atoms with Gasteiger partial charge in [-0.25, -0.2) is 0 Å². The highest BCUT2D eigenvalue weighted by molar-refractivity contribution is 5.37. The molecule has 102 valence electrons. The van der Waals surface area contributed by atoms with Gasteiger partial charge in [0.2, 0.25) is 0 Å².